The van der Waals surface area contributed by atoms with Crippen molar-refractivity contribution in [3.8, 4) is 11.8 Å². The highest BCUT2D eigenvalue weighted by Crippen LogP contribution is 2.33. The highest BCUT2D eigenvalue weighted by Gasteiger charge is 2.48. The number of ether oxygens (including phenoxy) is 2. The van der Waals surface area contributed by atoms with Gasteiger partial charge in [0.05, 0.1) is 17.6 Å². The molecular formula is C21H14F8N4O4. The summed E-state index contributed by atoms with van der Waals surface area (Å²) in [5.41, 5.74) is -1.29. The molecular weight excluding hydrogens is 524 g/mol. The Morgan fingerprint density at radius 3 is 2.38 bits per heavy atom. The van der Waals surface area contributed by atoms with Gasteiger partial charge in [0.25, 0.3) is 11.8 Å². The predicted octanol–water partition coefficient (Wildman–Crippen LogP) is 4.14. The molecule has 0 saturated carbocycles. The van der Waals surface area contributed by atoms with Gasteiger partial charge in [0.15, 0.2) is 6.10 Å². The van der Waals surface area contributed by atoms with E-state index in [9.17, 15) is 44.7 Å². The lowest BCUT2D eigenvalue weighted by molar-refractivity contribution is -0.190. The summed E-state index contributed by atoms with van der Waals surface area (Å²) in [5.74, 6) is -8.11. The normalized spacial score (nSPS) is 18.1. The number of nitrogens with zero attached hydrogens (tertiary/aromatic N) is 4. The zero-order chi connectivity index (χ0) is 27.2. The van der Waals surface area contributed by atoms with Crippen LogP contribution in [-0.4, -0.2) is 62.7 Å². The van der Waals surface area contributed by atoms with E-state index in [1.54, 1.807) is 0 Å². The van der Waals surface area contributed by atoms with Gasteiger partial charge in [-0.3, -0.25) is 4.79 Å². The summed E-state index contributed by atoms with van der Waals surface area (Å²) in [6, 6.07) is 6.26. The number of alkyl halides is 8. The molecule has 1 amide bonds. The molecule has 37 heavy (non-hydrogen) atoms. The Bertz CT molecular complexity index is 1320. The molecule has 198 valence electrons. The summed E-state index contributed by atoms with van der Waals surface area (Å²) in [6.45, 7) is -1.14. The first kappa shape index (κ1) is 26.1. The minimum Gasteiger partial charge on any atom is -0.466 e. The van der Waals surface area contributed by atoms with Gasteiger partial charge in [0, 0.05) is 31.3 Å². The average molecular weight is 538 g/mol. The standard InChI is InChI=1S/C21H14F8N4O4/c22-19(23)6-7-32(10-14(19)36-15-5-4-11(9-30-15)20(24,25)26)17(34)13-3-1-2-12-8-16(31-33(12)13)37-18(35)21(27,28)29/h1-5,8-9,14H,6-7,10H2/t14-/m0/s1. The van der Waals surface area contributed by atoms with Crippen LogP contribution in [0.2, 0.25) is 0 Å². The van der Waals surface area contributed by atoms with Crippen LogP contribution in [0.25, 0.3) is 5.52 Å². The molecule has 0 bridgehead atoms. The van der Waals surface area contributed by atoms with Crippen molar-refractivity contribution in [1.29, 1.82) is 0 Å². The fraction of sp³-hybridized carbons (Fsp3) is 0.333. The molecule has 0 radical (unpaired) electrons. The predicted molar refractivity (Wildman–Crippen MR) is 106 cm³/mol. The zero-order valence-electron chi connectivity index (χ0n) is 18.2. The lowest BCUT2D eigenvalue weighted by atomic mass is 10.0. The topological polar surface area (TPSA) is 86.0 Å². The molecule has 1 saturated heterocycles. The molecule has 0 aromatic carbocycles. The van der Waals surface area contributed by atoms with E-state index in [1.165, 1.54) is 18.2 Å². The number of hydrogen-bond donors (Lipinski definition) is 0. The van der Waals surface area contributed by atoms with Crippen molar-refractivity contribution in [2.75, 3.05) is 13.1 Å². The van der Waals surface area contributed by atoms with E-state index in [4.69, 9.17) is 4.74 Å². The molecule has 1 aliphatic rings. The third-order valence-electron chi connectivity index (χ3n) is 5.30. The summed E-state index contributed by atoms with van der Waals surface area (Å²) in [4.78, 5) is 28.5. The smallest absolute Gasteiger partial charge is 0.466 e. The second-order valence-corrected chi connectivity index (χ2v) is 7.87. The minimum absolute atomic E-state index is 0.0694. The fourth-order valence-electron chi connectivity index (χ4n) is 3.46. The lowest BCUT2D eigenvalue weighted by Crippen LogP contribution is -2.55. The summed E-state index contributed by atoms with van der Waals surface area (Å²) in [5, 5.41) is 3.67. The monoisotopic (exact) mass is 538 g/mol. The first-order valence-corrected chi connectivity index (χ1v) is 10.3. The van der Waals surface area contributed by atoms with Crippen molar-refractivity contribution in [1.82, 2.24) is 19.5 Å². The van der Waals surface area contributed by atoms with Gasteiger partial charge >= 0.3 is 18.3 Å². The number of fused-ring (bicyclic) bond motifs is 1. The van der Waals surface area contributed by atoms with Gasteiger partial charge in [-0.25, -0.2) is 23.1 Å². The van der Waals surface area contributed by atoms with Crippen LogP contribution in [0.4, 0.5) is 35.1 Å². The lowest BCUT2D eigenvalue weighted by Gasteiger charge is -2.37. The maximum atomic E-state index is 14.5. The molecule has 8 nitrogen and oxygen atoms in total. The quantitative estimate of drug-likeness (QED) is 0.367. The molecule has 0 N–H and O–H groups in total. The zero-order valence-corrected chi connectivity index (χ0v) is 18.2. The Hall–Kier alpha value is -3.98. The van der Waals surface area contributed by atoms with Crippen LogP contribution in [0.3, 0.4) is 0 Å². The number of halogens is 8. The molecule has 0 aliphatic carbocycles. The largest absolute Gasteiger partial charge is 0.491 e. The summed E-state index contributed by atoms with van der Waals surface area (Å²) in [7, 11) is 0. The minimum atomic E-state index is -5.29. The molecule has 1 aliphatic heterocycles. The van der Waals surface area contributed by atoms with Crippen LogP contribution in [0.15, 0.2) is 42.6 Å². The van der Waals surface area contributed by atoms with Crippen LogP contribution in [-0.2, 0) is 11.0 Å². The number of amides is 1. The molecule has 4 rings (SSSR count). The number of esters is 1. The first-order chi connectivity index (χ1) is 17.1. The Morgan fingerprint density at radius 1 is 1.03 bits per heavy atom. The van der Waals surface area contributed by atoms with E-state index in [2.05, 4.69) is 14.8 Å². The van der Waals surface area contributed by atoms with Crippen LogP contribution in [0.1, 0.15) is 22.5 Å². The van der Waals surface area contributed by atoms with Gasteiger partial charge in [0.2, 0.25) is 11.8 Å². The molecule has 1 fully saturated rings. The number of pyridine rings is 2. The molecule has 0 unspecified atom stereocenters. The van der Waals surface area contributed by atoms with E-state index in [0.717, 1.165) is 21.5 Å². The van der Waals surface area contributed by atoms with Gasteiger partial charge in [-0.2, -0.15) is 26.3 Å². The number of piperidine rings is 1. The fourth-order valence-corrected chi connectivity index (χ4v) is 3.46. The van der Waals surface area contributed by atoms with Crippen molar-refractivity contribution in [2.24, 2.45) is 0 Å². The first-order valence-electron chi connectivity index (χ1n) is 10.3. The van der Waals surface area contributed by atoms with E-state index in [-0.39, 0.29) is 11.2 Å². The highest BCUT2D eigenvalue weighted by molar-refractivity contribution is 5.93. The van der Waals surface area contributed by atoms with E-state index in [0.29, 0.717) is 12.3 Å². The second kappa shape index (κ2) is 9.15. The number of carbonyl (C=O) groups is 2. The van der Waals surface area contributed by atoms with Crippen molar-refractivity contribution in [3.63, 3.8) is 0 Å². The van der Waals surface area contributed by atoms with Crippen LogP contribution < -0.4 is 9.47 Å². The molecule has 4 heterocycles. The molecule has 0 spiro atoms. The number of carbonyl (C=O) groups excluding carboxylic acids is 2. The maximum absolute atomic E-state index is 14.5. The Morgan fingerprint density at radius 2 is 1.76 bits per heavy atom. The van der Waals surface area contributed by atoms with Crippen molar-refractivity contribution in [3.05, 3.63) is 53.9 Å². The Balaban J connectivity index is 1.54. The average Bonchev–Trinajstić information content (AvgIpc) is 3.21. The van der Waals surface area contributed by atoms with Gasteiger partial charge in [-0.1, -0.05) is 6.07 Å². The van der Waals surface area contributed by atoms with Gasteiger partial charge in [-0.15, -0.1) is 5.10 Å². The molecule has 1 atom stereocenters. The van der Waals surface area contributed by atoms with Crippen LogP contribution >= 0.6 is 0 Å². The third-order valence-corrected chi connectivity index (χ3v) is 5.30. The van der Waals surface area contributed by atoms with Crippen molar-refractivity contribution < 1.29 is 54.2 Å². The van der Waals surface area contributed by atoms with Gasteiger partial charge < -0.3 is 14.4 Å². The molecule has 16 heteroatoms. The van der Waals surface area contributed by atoms with Crippen LogP contribution in [0.5, 0.6) is 11.8 Å². The van der Waals surface area contributed by atoms with Crippen LogP contribution in [0, 0.1) is 0 Å². The third kappa shape index (κ3) is 5.56. The van der Waals surface area contributed by atoms with Crippen molar-refractivity contribution in [2.45, 2.75) is 30.8 Å². The Labute approximate surface area is 201 Å². The number of hydrogen-bond acceptors (Lipinski definition) is 6. The highest BCUT2D eigenvalue weighted by atomic mass is 19.4. The number of rotatable bonds is 4. The number of likely N-dealkylation sites (tertiary alicyclic amines) is 1. The maximum Gasteiger partial charge on any atom is 0.491 e. The SMILES string of the molecule is O=C(c1cccc2cc(OC(=O)C(F)(F)F)nn12)N1CCC(F)(F)[C@@H](Oc2ccc(C(F)(F)F)cn2)C1. The number of aromatic nitrogens is 3. The summed E-state index contributed by atoms with van der Waals surface area (Å²) < 4.78 is 115. The van der Waals surface area contributed by atoms with Crippen molar-refractivity contribution >= 4 is 17.4 Å². The van der Waals surface area contributed by atoms with E-state index < -0.39 is 73.1 Å². The van der Waals surface area contributed by atoms with Gasteiger partial charge in [0.1, 0.15) is 5.69 Å². The molecule has 3 aromatic heterocycles. The summed E-state index contributed by atoms with van der Waals surface area (Å²) >= 11 is 0. The Kier molecular flexibility index (Phi) is 6.45. The second-order valence-electron chi connectivity index (χ2n) is 7.87. The van der Waals surface area contributed by atoms with E-state index >= 15 is 0 Å². The molecule has 3 aromatic rings. The summed E-state index contributed by atoms with van der Waals surface area (Å²) in [6.07, 6.45) is -12.4. The van der Waals surface area contributed by atoms with Gasteiger partial charge in [-0.05, 0) is 18.2 Å². The van der Waals surface area contributed by atoms with E-state index in [1.807, 2.05) is 0 Å².